The van der Waals surface area contributed by atoms with Gasteiger partial charge in [-0.05, 0) is 57.3 Å². The first-order valence-corrected chi connectivity index (χ1v) is 10.9. The molecule has 3 aliphatic heterocycles. The SMILES string of the molecule is FC(F)(F)c1ccc(N2CCN(C3CCN(CC4CCCCO4)CC3)CC2)nc1. The van der Waals surface area contributed by atoms with Crippen LogP contribution in [0.1, 0.15) is 37.7 Å². The number of hydrogen-bond acceptors (Lipinski definition) is 5. The third-order valence-electron chi connectivity index (χ3n) is 6.52. The molecule has 1 atom stereocenters. The number of halogens is 3. The molecule has 0 bridgehead atoms. The number of aromatic nitrogens is 1. The molecule has 162 valence electrons. The van der Waals surface area contributed by atoms with E-state index in [-0.39, 0.29) is 0 Å². The number of pyridine rings is 1. The number of alkyl halides is 3. The molecule has 3 saturated heterocycles. The Morgan fingerprint density at radius 2 is 1.72 bits per heavy atom. The summed E-state index contributed by atoms with van der Waals surface area (Å²) in [4.78, 5) is 11.2. The molecule has 5 nitrogen and oxygen atoms in total. The number of nitrogens with zero attached hydrogens (tertiary/aromatic N) is 4. The van der Waals surface area contributed by atoms with Gasteiger partial charge < -0.3 is 14.5 Å². The second-order valence-corrected chi connectivity index (χ2v) is 8.45. The lowest BCUT2D eigenvalue weighted by atomic mass is 10.0. The standard InChI is InChI=1S/C21H31F3N4O/c22-21(23,24)17-4-5-20(25-15-17)28-12-10-27(11-13-28)18-6-8-26(9-7-18)16-19-3-1-2-14-29-19/h4-5,15,18-19H,1-3,6-14,16H2. The van der Waals surface area contributed by atoms with E-state index >= 15 is 0 Å². The fourth-order valence-corrected chi connectivity index (χ4v) is 4.76. The number of piperidine rings is 1. The average Bonchev–Trinajstić information content (AvgIpc) is 2.75. The first-order chi connectivity index (χ1) is 14.0. The van der Waals surface area contributed by atoms with Gasteiger partial charge in [-0.15, -0.1) is 0 Å². The van der Waals surface area contributed by atoms with Crippen molar-refractivity contribution in [2.75, 3.05) is 57.3 Å². The van der Waals surface area contributed by atoms with Gasteiger partial charge >= 0.3 is 6.18 Å². The highest BCUT2D eigenvalue weighted by molar-refractivity contribution is 5.40. The maximum absolute atomic E-state index is 12.7. The maximum atomic E-state index is 12.7. The molecule has 0 saturated carbocycles. The summed E-state index contributed by atoms with van der Waals surface area (Å²) >= 11 is 0. The molecule has 0 spiro atoms. The second kappa shape index (κ2) is 9.18. The van der Waals surface area contributed by atoms with Crippen molar-refractivity contribution in [3.05, 3.63) is 23.9 Å². The van der Waals surface area contributed by atoms with Crippen LogP contribution in [0, 0.1) is 0 Å². The van der Waals surface area contributed by atoms with E-state index < -0.39 is 11.7 Å². The van der Waals surface area contributed by atoms with E-state index in [1.54, 1.807) is 0 Å². The molecule has 8 heteroatoms. The molecular formula is C21H31F3N4O. The summed E-state index contributed by atoms with van der Waals surface area (Å²) in [6.07, 6.45) is 3.08. The molecule has 0 N–H and O–H groups in total. The monoisotopic (exact) mass is 412 g/mol. The summed E-state index contributed by atoms with van der Waals surface area (Å²) in [7, 11) is 0. The van der Waals surface area contributed by atoms with E-state index in [2.05, 4.69) is 19.7 Å². The minimum Gasteiger partial charge on any atom is -0.377 e. The topological polar surface area (TPSA) is 31.8 Å². The van der Waals surface area contributed by atoms with Crippen molar-refractivity contribution in [2.24, 2.45) is 0 Å². The maximum Gasteiger partial charge on any atom is 0.417 e. The van der Waals surface area contributed by atoms with E-state index in [9.17, 15) is 13.2 Å². The summed E-state index contributed by atoms with van der Waals surface area (Å²) in [5.41, 5.74) is -0.690. The number of anilines is 1. The number of hydrogen-bond donors (Lipinski definition) is 0. The Kier molecular flexibility index (Phi) is 6.61. The van der Waals surface area contributed by atoms with Gasteiger partial charge in [-0.1, -0.05) is 0 Å². The van der Waals surface area contributed by atoms with E-state index in [1.807, 2.05) is 0 Å². The summed E-state index contributed by atoms with van der Waals surface area (Å²) < 4.78 is 44.0. The van der Waals surface area contributed by atoms with Crippen molar-refractivity contribution in [2.45, 2.75) is 50.4 Å². The van der Waals surface area contributed by atoms with Crippen LogP contribution in [0.25, 0.3) is 0 Å². The molecule has 3 fully saturated rings. The molecule has 4 heterocycles. The second-order valence-electron chi connectivity index (χ2n) is 8.45. The Labute approximate surface area is 170 Å². The van der Waals surface area contributed by atoms with Crippen LogP contribution in [0.5, 0.6) is 0 Å². The third kappa shape index (κ3) is 5.41. The van der Waals surface area contributed by atoms with Crippen molar-refractivity contribution >= 4 is 5.82 Å². The zero-order valence-corrected chi connectivity index (χ0v) is 16.9. The molecular weight excluding hydrogens is 381 g/mol. The van der Waals surface area contributed by atoms with Gasteiger partial charge in [-0.2, -0.15) is 13.2 Å². The Hall–Kier alpha value is -1.38. The van der Waals surface area contributed by atoms with Gasteiger partial charge in [-0.3, -0.25) is 4.90 Å². The Bertz CT molecular complexity index is 632. The van der Waals surface area contributed by atoms with Crippen LogP contribution in [0.3, 0.4) is 0 Å². The minimum atomic E-state index is -4.33. The largest absolute Gasteiger partial charge is 0.417 e. The highest BCUT2D eigenvalue weighted by atomic mass is 19.4. The van der Waals surface area contributed by atoms with Gasteiger partial charge in [0, 0.05) is 51.6 Å². The van der Waals surface area contributed by atoms with Gasteiger partial charge in [0.15, 0.2) is 0 Å². The summed E-state index contributed by atoms with van der Waals surface area (Å²) in [5.74, 6) is 0.639. The highest BCUT2D eigenvalue weighted by Gasteiger charge is 2.32. The zero-order valence-electron chi connectivity index (χ0n) is 16.9. The van der Waals surface area contributed by atoms with E-state index in [0.29, 0.717) is 18.0 Å². The molecule has 3 aliphatic rings. The number of piperazine rings is 1. The van der Waals surface area contributed by atoms with Gasteiger partial charge in [0.05, 0.1) is 11.7 Å². The van der Waals surface area contributed by atoms with E-state index in [4.69, 9.17) is 4.74 Å². The van der Waals surface area contributed by atoms with Crippen molar-refractivity contribution < 1.29 is 17.9 Å². The quantitative estimate of drug-likeness (QED) is 0.758. The van der Waals surface area contributed by atoms with Gasteiger partial charge in [-0.25, -0.2) is 4.98 Å². The lowest BCUT2D eigenvalue weighted by molar-refractivity contribution is -0.137. The lowest BCUT2D eigenvalue weighted by Crippen LogP contribution is -2.54. The normalized spacial score (nSPS) is 26.0. The average molecular weight is 413 g/mol. The first kappa shape index (κ1) is 20.9. The fraction of sp³-hybridized carbons (Fsp3) is 0.762. The fourth-order valence-electron chi connectivity index (χ4n) is 4.76. The Morgan fingerprint density at radius 1 is 0.966 bits per heavy atom. The van der Waals surface area contributed by atoms with E-state index in [0.717, 1.165) is 64.7 Å². The molecule has 0 aromatic carbocycles. The number of rotatable bonds is 4. The third-order valence-corrected chi connectivity index (χ3v) is 6.52. The van der Waals surface area contributed by atoms with Crippen molar-refractivity contribution in [3.8, 4) is 0 Å². The Balaban J connectivity index is 1.21. The van der Waals surface area contributed by atoms with Crippen LogP contribution >= 0.6 is 0 Å². The van der Waals surface area contributed by atoms with E-state index in [1.165, 1.54) is 38.2 Å². The Morgan fingerprint density at radius 3 is 2.31 bits per heavy atom. The van der Waals surface area contributed by atoms with Crippen LogP contribution in [-0.4, -0.2) is 79.3 Å². The molecule has 29 heavy (non-hydrogen) atoms. The van der Waals surface area contributed by atoms with Crippen LogP contribution < -0.4 is 4.90 Å². The van der Waals surface area contributed by atoms with Crippen molar-refractivity contribution in [1.82, 2.24) is 14.8 Å². The molecule has 1 unspecified atom stereocenters. The highest BCUT2D eigenvalue weighted by Crippen LogP contribution is 2.29. The zero-order chi connectivity index (χ0) is 20.3. The van der Waals surface area contributed by atoms with Crippen molar-refractivity contribution in [3.63, 3.8) is 0 Å². The van der Waals surface area contributed by atoms with Crippen LogP contribution in [0.2, 0.25) is 0 Å². The smallest absolute Gasteiger partial charge is 0.377 e. The van der Waals surface area contributed by atoms with Gasteiger partial charge in [0.25, 0.3) is 0 Å². The minimum absolute atomic E-state index is 0.417. The summed E-state index contributed by atoms with van der Waals surface area (Å²) in [6.45, 7) is 7.76. The summed E-state index contributed by atoms with van der Waals surface area (Å²) in [5, 5.41) is 0. The number of likely N-dealkylation sites (tertiary alicyclic amines) is 1. The van der Waals surface area contributed by atoms with Gasteiger partial charge in [0.1, 0.15) is 5.82 Å². The predicted molar refractivity (Wildman–Crippen MR) is 106 cm³/mol. The van der Waals surface area contributed by atoms with Crippen LogP contribution in [0.4, 0.5) is 19.0 Å². The molecule has 1 aromatic heterocycles. The predicted octanol–water partition coefficient (Wildman–Crippen LogP) is 3.26. The molecule has 1 aromatic rings. The van der Waals surface area contributed by atoms with Crippen LogP contribution in [-0.2, 0) is 10.9 Å². The molecule has 0 amide bonds. The molecule has 4 rings (SSSR count). The van der Waals surface area contributed by atoms with Crippen LogP contribution in [0.15, 0.2) is 18.3 Å². The molecule has 0 aliphatic carbocycles. The first-order valence-electron chi connectivity index (χ1n) is 10.9. The van der Waals surface area contributed by atoms with Crippen molar-refractivity contribution in [1.29, 1.82) is 0 Å². The van der Waals surface area contributed by atoms with Gasteiger partial charge in [0.2, 0.25) is 0 Å². The summed E-state index contributed by atoms with van der Waals surface area (Å²) in [6, 6.07) is 3.23. The number of ether oxygens (including phenoxy) is 1. The molecule has 0 radical (unpaired) electrons. The lowest BCUT2D eigenvalue weighted by Gasteiger charge is -2.43.